The molecule has 0 aliphatic heterocycles. The predicted octanol–water partition coefficient (Wildman–Crippen LogP) is 14.0. The van der Waals surface area contributed by atoms with Crippen molar-refractivity contribution in [3.63, 3.8) is 0 Å². The molecule has 2 aliphatic rings. The van der Waals surface area contributed by atoms with Crippen LogP contribution in [0.4, 0.5) is 17.1 Å². The predicted molar refractivity (Wildman–Crippen MR) is 224 cm³/mol. The summed E-state index contributed by atoms with van der Waals surface area (Å²) in [5.74, 6) is 0. The molecule has 0 saturated carbocycles. The highest BCUT2D eigenvalue weighted by atomic mass is 32.1. The van der Waals surface area contributed by atoms with E-state index >= 15 is 0 Å². The van der Waals surface area contributed by atoms with E-state index in [2.05, 4.69) is 187 Å². The van der Waals surface area contributed by atoms with Crippen molar-refractivity contribution < 1.29 is 4.42 Å². The van der Waals surface area contributed by atoms with Gasteiger partial charge < -0.3 is 9.32 Å². The molecule has 0 saturated heterocycles. The van der Waals surface area contributed by atoms with Gasteiger partial charge in [0.25, 0.3) is 0 Å². The molecular formula is C50H33NOS. The maximum Gasteiger partial charge on any atom is 0.137 e. The van der Waals surface area contributed by atoms with E-state index in [1.165, 1.54) is 53.6 Å². The van der Waals surface area contributed by atoms with E-state index in [0.717, 1.165) is 45.4 Å². The lowest BCUT2D eigenvalue weighted by Crippen LogP contribution is -2.35. The van der Waals surface area contributed by atoms with Crippen LogP contribution in [0.3, 0.4) is 0 Å². The molecule has 250 valence electrons. The van der Waals surface area contributed by atoms with Gasteiger partial charge in [-0.2, -0.15) is 0 Å². The van der Waals surface area contributed by atoms with Gasteiger partial charge >= 0.3 is 0 Å². The number of hydrogen-bond donors (Lipinski definition) is 0. The molecule has 9 aromatic rings. The van der Waals surface area contributed by atoms with Crippen molar-refractivity contribution >= 4 is 76.1 Å². The fourth-order valence-corrected chi connectivity index (χ4v) is 10.3. The topological polar surface area (TPSA) is 16.4 Å². The van der Waals surface area contributed by atoms with Gasteiger partial charge in [-0.25, -0.2) is 0 Å². The standard InChI is InChI=1S/C50H33NOS/c1-3-16-34(17-4-1)50(35-18-8-7-15-33(31-35)38-21-9-11-24-42(38)50)43-25-13-23-40-39-30-29-37(32-47(39)53-49(40)43)51(36-19-5-2-6-20-36)44-26-14-28-46-48(44)41-22-10-12-27-45(41)52-46/h1-30,32H,31H2. The molecule has 0 radical (unpaired) electrons. The number of fused-ring (bicyclic) bond motifs is 10. The van der Waals surface area contributed by atoms with Crippen LogP contribution in [-0.2, 0) is 5.41 Å². The molecule has 0 N–H and O–H groups in total. The Morgan fingerprint density at radius 1 is 0.547 bits per heavy atom. The van der Waals surface area contributed by atoms with Crippen LogP contribution in [0.1, 0.15) is 28.7 Å². The molecule has 2 nitrogen and oxygen atoms in total. The molecule has 2 heterocycles. The zero-order valence-electron chi connectivity index (χ0n) is 28.9. The molecule has 2 bridgehead atoms. The maximum absolute atomic E-state index is 6.37. The molecular weight excluding hydrogens is 663 g/mol. The van der Waals surface area contributed by atoms with Crippen molar-refractivity contribution in [2.45, 2.75) is 11.8 Å². The third-order valence-corrected chi connectivity index (χ3v) is 12.4. The van der Waals surface area contributed by atoms with Crippen LogP contribution >= 0.6 is 11.3 Å². The second-order valence-corrected chi connectivity index (χ2v) is 15.0. The summed E-state index contributed by atoms with van der Waals surface area (Å²) >= 11 is 1.91. The third-order valence-electron chi connectivity index (χ3n) is 11.2. The summed E-state index contributed by atoms with van der Waals surface area (Å²) in [5, 5.41) is 4.80. The first-order valence-corrected chi connectivity index (χ1v) is 19.0. The first-order chi connectivity index (χ1) is 26.3. The fourth-order valence-electron chi connectivity index (χ4n) is 9.04. The van der Waals surface area contributed by atoms with Gasteiger partial charge in [-0.1, -0.05) is 146 Å². The van der Waals surface area contributed by atoms with Crippen molar-refractivity contribution in [2.75, 3.05) is 4.90 Å². The van der Waals surface area contributed by atoms with E-state index < -0.39 is 5.41 Å². The number of hydrogen-bond acceptors (Lipinski definition) is 3. The van der Waals surface area contributed by atoms with E-state index in [4.69, 9.17) is 4.42 Å². The Hall–Kier alpha value is -6.42. The highest BCUT2D eigenvalue weighted by Gasteiger charge is 2.46. The SMILES string of the molecule is C1=CC=C2CC(=C1)c1ccccc1C2(c1ccccc1)c1cccc2c1sc1cc(N(c3ccccc3)c3cccc4oc5ccccc5c34)ccc12. The van der Waals surface area contributed by atoms with E-state index in [1.807, 2.05) is 17.4 Å². The van der Waals surface area contributed by atoms with Crippen LogP contribution in [0.15, 0.2) is 198 Å². The van der Waals surface area contributed by atoms with E-state index in [1.54, 1.807) is 0 Å². The largest absolute Gasteiger partial charge is 0.456 e. The Balaban J connectivity index is 1.18. The summed E-state index contributed by atoms with van der Waals surface area (Å²) in [4.78, 5) is 2.38. The average molecular weight is 696 g/mol. The Bertz CT molecular complexity index is 2980. The number of allylic oxidation sites excluding steroid dienone is 6. The number of anilines is 3. The zero-order valence-corrected chi connectivity index (χ0v) is 29.7. The zero-order chi connectivity index (χ0) is 34.9. The third kappa shape index (κ3) is 4.44. The molecule has 0 amide bonds. The van der Waals surface area contributed by atoms with Crippen LogP contribution in [0.5, 0.6) is 0 Å². The quantitative estimate of drug-likeness (QED) is 0.178. The smallest absolute Gasteiger partial charge is 0.137 e. The van der Waals surface area contributed by atoms with Crippen LogP contribution in [-0.4, -0.2) is 0 Å². The van der Waals surface area contributed by atoms with E-state index in [0.29, 0.717) is 0 Å². The van der Waals surface area contributed by atoms with E-state index in [-0.39, 0.29) is 0 Å². The van der Waals surface area contributed by atoms with Gasteiger partial charge in [0.1, 0.15) is 11.2 Å². The lowest BCUT2D eigenvalue weighted by molar-refractivity contribution is 0.669. The summed E-state index contributed by atoms with van der Waals surface area (Å²) < 4.78 is 8.96. The lowest BCUT2D eigenvalue weighted by Gasteiger charge is -2.43. The van der Waals surface area contributed by atoms with Crippen molar-refractivity contribution in [3.8, 4) is 0 Å². The molecule has 0 fully saturated rings. The Labute approximate surface area is 311 Å². The monoisotopic (exact) mass is 695 g/mol. The second-order valence-electron chi connectivity index (χ2n) is 14.0. The Kier molecular flexibility index (Phi) is 6.74. The number of nitrogens with zero attached hydrogens (tertiary/aromatic N) is 1. The van der Waals surface area contributed by atoms with Gasteiger partial charge in [-0.15, -0.1) is 11.3 Å². The highest BCUT2D eigenvalue weighted by Crippen LogP contribution is 2.57. The van der Waals surface area contributed by atoms with E-state index in [9.17, 15) is 0 Å². The van der Waals surface area contributed by atoms with Crippen LogP contribution in [0, 0.1) is 0 Å². The molecule has 1 atom stereocenters. The molecule has 7 aromatic carbocycles. The summed E-state index contributed by atoms with van der Waals surface area (Å²) in [6.07, 6.45) is 10.0. The molecule has 11 rings (SSSR count). The number of benzene rings is 7. The van der Waals surface area contributed by atoms with Gasteiger partial charge in [0.15, 0.2) is 0 Å². The first-order valence-electron chi connectivity index (χ1n) is 18.2. The number of rotatable bonds is 5. The van der Waals surface area contributed by atoms with Gasteiger partial charge in [0, 0.05) is 36.9 Å². The minimum atomic E-state index is -0.443. The minimum Gasteiger partial charge on any atom is -0.456 e. The summed E-state index contributed by atoms with van der Waals surface area (Å²) in [6.45, 7) is 0. The van der Waals surface area contributed by atoms with Crippen molar-refractivity contribution in [3.05, 3.63) is 216 Å². The van der Waals surface area contributed by atoms with Gasteiger partial charge in [0.2, 0.25) is 0 Å². The van der Waals surface area contributed by atoms with Crippen molar-refractivity contribution in [1.29, 1.82) is 0 Å². The molecule has 3 heteroatoms. The molecule has 1 unspecified atom stereocenters. The summed E-state index contributed by atoms with van der Waals surface area (Å²) in [5.41, 5.74) is 12.8. The van der Waals surface area contributed by atoms with Gasteiger partial charge in [0.05, 0.1) is 16.5 Å². The Morgan fingerprint density at radius 3 is 2.17 bits per heavy atom. The fraction of sp³-hybridized carbons (Fsp3) is 0.0400. The van der Waals surface area contributed by atoms with Crippen LogP contribution < -0.4 is 4.90 Å². The lowest BCUT2D eigenvalue weighted by atomic mass is 9.58. The molecule has 2 aliphatic carbocycles. The normalized spacial score (nSPS) is 16.5. The summed E-state index contributed by atoms with van der Waals surface area (Å²) in [7, 11) is 0. The van der Waals surface area contributed by atoms with Gasteiger partial charge in [-0.05, 0) is 82.3 Å². The van der Waals surface area contributed by atoms with Crippen LogP contribution in [0.25, 0.3) is 47.7 Å². The van der Waals surface area contributed by atoms with Gasteiger partial charge in [-0.3, -0.25) is 0 Å². The number of thiophene rings is 1. The summed E-state index contributed by atoms with van der Waals surface area (Å²) in [6, 6.07) is 59.6. The second kappa shape index (κ2) is 11.8. The maximum atomic E-state index is 6.37. The van der Waals surface area contributed by atoms with Crippen LogP contribution in [0.2, 0.25) is 0 Å². The molecule has 2 aromatic heterocycles. The molecule has 0 spiro atoms. The van der Waals surface area contributed by atoms with Crippen molar-refractivity contribution in [1.82, 2.24) is 0 Å². The Morgan fingerprint density at radius 2 is 1.26 bits per heavy atom. The highest BCUT2D eigenvalue weighted by molar-refractivity contribution is 7.26. The first kappa shape index (κ1) is 30.2. The number of para-hydroxylation sites is 2. The minimum absolute atomic E-state index is 0.443. The average Bonchev–Trinajstić information content (AvgIpc) is 3.71. The van der Waals surface area contributed by atoms with Crippen molar-refractivity contribution in [2.24, 2.45) is 0 Å². The number of furan rings is 1. The molecule has 53 heavy (non-hydrogen) atoms.